The van der Waals surface area contributed by atoms with E-state index in [-0.39, 0.29) is 12.1 Å². The second-order valence-electron chi connectivity index (χ2n) is 6.69. The number of anilines is 2. The Hall–Kier alpha value is -2.53. The molecule has 5 nitrogen and oxygen atoms in total. The molecule has 5 heteroatoms. The van der Waals surface area contributed by atoms with E-state index in [0.29, 0.717) is 6.54 Å². The topological polar surface area (TPSA) is 47.6 Å². The van der Waals surface area contributed by atoms with Crippen molar-refractivity contribution in [2.45, 2.75) is 19.0 Å². The maximum absolute atomic E-state index is 12.8. The van der Waals surface area contributed by atoms with Gasteiger partial charge in [0.05, 0.1) is 11.4 Å². The van der Waals surface area contributed by atoms with Crippen molar-refractivity contribution in [3.8, 4) is 0 Å². The van der Waals surface area contributed by atoms with E-state index < -0.39 is 0 Å². The van der Waals surface area contributed by atoms with Gasteiger partial charge in [0.15, 0.2) is 0 Å². The SMILES string of the molecule is O=C(NC1CCNC1)N1CCN(Cc2ccccc2)c2ccccc21. The Morgan fingerprint density at radius 2 is 1.80 bits per heavy atom. The quantitative estimate of drug-likeness (QED) is 0.906. The predicted molar refractivity (Wildman–Crippen MR) is 101 cm³/mol. The monoisotopic (exact) mass is 336 g/mol. The molecule has 1 unspecified atom stereocenters. The van der Waals surface area contributed by atoms with Gasteiger partial charge in [-0.3, -0.25) is 4.90 Å². The van der Waals surface area contributed by atoms with Gasteiger partial charge in [0, 0.05) is 32.2 Å². The van der Waals surface area contributed by atoms with E-state index in [4.69, 9.17) is 0 Å². The molecule has 2 amide bonds. The Balaban J connectivity index is 1.53. The van der Waals surface area contributed by atoms with Gasteiger partial charge in [-0.1, -0.05) is 42.5 Å². The first kappa shape index (κ1) is 16.0. The number of nitrogens with zero attached hydrogens (tertiary/aromatic N) is 2. The van der Waals surface area contributed by atoms with Crippen molar-refractivity contribution in [1.82, 2.24) is 10.6 Å². The maximum atomic E-state index is 12.8. The first-order valence-electron chi connectivity index (χ1n) is 8.98. The summed E-state index contributed by atoms with van der Waals surface area (Å²) in [5, 5.41) is 6.45. The van der Waals surface area contributed by atoms with Crippen LogP contribution in [0.1, 0.15) is 12.0 Å². The molecule has 0 bridgehead atoms. The molecular weight excluding hydrogens is 312 g/mol. The van der Waals surface area contributed by atoms with Gasteiger partial charge in [0.2, 0.25) is 0 Å². The number of rotatable bonds is 3. The number of carbonyl (C=O) groups excluding carboxylic acids is 1. The molecule has 1 fully saturated rings. The summed E-state index contributed by atoms with van der Waals surface area (Å²) in [6.45, 7) is 4.24. The predicted octanol–water partition coefficient (Wildman–Crippen LogP) is 2.58. The van der Waals surface area contributed by atoms with Crippen LogP contribution >= 0.6 is 0 Å². The first-order chi connectivity index (χ1) is 12.3. The summed E-state index contributed by atoms with van der Waals surface area (Å²) in [6, 6.07) is 18.9. The fourth-order valence-electron chi connectivity index (χ4n) is 3.63. The van der Waals surface area contributed by atoms with Crippen molar-refractivity contribution in [1.29, 1.82) is 0 Å². The van der Waals surface area contributed by atoms with E-state index >= 15 is 0 Å². The average Bonchev–Trinajstić information content (AvgIpc) is 3.16. The second-order valence-corrected chi connectivity index (χ2v) is 6.69. The Kier molecular flexibility index (Phi) is 4.57. The van der Waals surface area contributed by atoms with Crippen LogP contribution in [0.3, 0.4) is 0 Å². The number of urea groups is 1. The second kappa shape index (κ2) is 7.15. The van der Waals surface area contributed by atoms with E-state index in [1.54, 1.807) is 0 Å². The molecule has 2 aliphatic rings. The minimum absolute atomic E-state index is 0.0144. The number of benzene rings is 2. The zero-order valence-electron chi connectivity index (χ0n) is 14.3. The Labute approximate surface area is 148 Å². The van der Waals surface area contributed by atoms with E-state index in [1.807, 2.05) is 29.2 Å². The molecule has 0 spiro atoms. The van der Waals surface area contributed by atoms with Gasteiger partial charge in [-0.05, 0) is 30.7 Å². The van der Waals surface area contributed by atoms with Gasteiger partial charge in [-0.2, -0.15) is 0 Å². The summed E-state index contributed by atoms with van der Waals surface area (Å²) < 4.78 is 0. The maximum Gasteiger partial charge on any atom is 0.322 e. The summed E-state index contributed by atoms with van der Waals surface area (Å²) in [5.41, 5.74) is 3.40. The number of hydrogen-bond donors (Lipinski definition) is 2. The molecule has 2 N–H and O–H groups in total. The van der Waals surface area contributed by atoms with Gasteiger partial charge in [-0.15, -0.1) is 0 Å². The van der Waals surface area contributed by atoms with E-state index in [9.17, 15) is 4.79 Å². The fourth-order valence-corrected chi connectivity index (χ4v) is 3.63. The molecule has 0 saturated carbocycles. The molecule has 130 valence electrons. The highest BCUT2D eigenvalue weighted by molar-refractivity contribution is 5.97. The lowest BCUT2D eigenvalue weighted by Gasteiger charge is -2.38. The third-order valence-electron chi connectivity index (χ3n) is 4.96. The van der Waals surface area contributed by atoms with Gasteiger partial charge in [0.1, 0.15) is 0 Å². The summed E-state index contributed by atoms with van der Waals surface area (Å²) >= 11 is 0. The lowest BCUT2D eigenvalue weighted by Crippen LogP contribution is -2.50. The number of para-hydroxylation sites is 2. The first-order valence-corrected chi connectivity index (χ1v) is 8.98. The van der Waals surface area contributed by atoms with Gasteiger partial charge in [0.25, 0.3) is 0 Å². The highest BCUT2D eigenvalue weighted by Gasteiger charge is 2.28. The summed E-state index contributed by atoms with van der Waals surface area (Å²) in [4.78, 5) is 17.0. The van der Waals surface area contributed by atoms with Crippen LogP contribution in [0, 0.1) is 0 Å². The molecule has 2 aromatic carbocycles. The van der Waals surface area contributed by atoms with Crippen molar-refractivity contribution < 1.29 is 4.79 Å². The lowest BCUT2D eigenvalue weighted by atomic mass is 10.1. The molecule has 1 saturated heterocycles. The Morgan fingerprint density at radius 1 is 1.04 bits per heavy atom. The molecule has 2 aromatic rings. The number of nitrogens with one attached hydrogen (secondary N) is 2. The van der Waals surface area contributed by atoms with Crippen molar-refractivity contribution in [3.63, 3.8) is 0 Å². The van der Waals surface area contributed by atoms with Crippen LogP contribution in [0.5, 0.6) is 0 Å². The zero-order valence-corrected chi connectivity index (χ0v) is 14.3. The summed E-state index contributed by atoms with van der Waals surface area (Å²) in [7, 11) is 0. The third-order valence-corrected chi connectivity index (χ3v) is 4.96. The number of amides is 2. The smallest absolute Gasteiger partial charge is 0.322 e. The van der Waals surface area contributed by atoms with Crippen LogP contribution in [0.25, 0.3) is 0 Å². The van der Waals surface area contributed by atoms with Crippen molar-refractivity contribution in [2.75, 3.05) is 36.0 Å². The molecule has 0 radical (unpaired) electrons. The Morgan fingerprint density at radius 3 is 2.56 bits per heavy atom. The van der Waals surface area contributed by atoms with E-state index in [0.717, 1.165) is 44.0 Å². The molecule has 2 heterocycles. The van der Waals surface area contributed by atoms with Crippen molar-refractivity contribution in [3.05, 3.63) is 60.2 Å². The van der Waals surface area contributed by atoms with Crippen LogP contribution in [-0.4, -0.2) is 38.3 Å². The number of hydrogen-bond acceptors (Lipinski definition) is 3. The van der Waals surface area contributed by atoms with Crippen LogP contribution in [-0.2, 0) is 6.54 Å². The van der Waals surface area contributed by atoms with Crippen LogP contribution in [0.15, 0.2) is 54.6 Å². The van der Waals surface area contributed by atoms with Gasteiger partial charge < -0.3 is 15.5 Å². The van der Waals surface area contributed by atoms with Crippen molar-refractivity contribution in [2.24, 2.45) is 0 Å². The zero-order chi connectivity index (χ0) is 17.1. The molecule has 4 rings (SSSR count). The Bertz CT molecular complexity index is 727. The largest absolute Gasteiger partial charge is 0.364 e. The summed E-state index contributed by atoms with van der Waals surface area (Å²) in [6.07, 6.45) is 1.00. The van der Waals surface area contributed by atoms with E-state index in [2.05, 4.69) is 45.9 Å². The van der Waals surface area contributed by atoms with Crippen LogP contribution in [0.4, 0.5) is 16.2 Å². The number of fused-ring (bicyclic) bond motifs is 1. The van der Waals surface area contributed by atoms with E-state index in [1.165, 1.54) is 5.56 Å². The van der Waals surface area contributed by atoms with Gasteiger partial charge in [-0.25, -0.2) is 4.79 Å². The molecular formula is C20H24N4O. The number of carbonyl (C=O) groups is 1. The molecule has 25 heavy (non-hydrogen) atoms. The molecule has 2 aliphatic heterocycles. The standard InChI is InChI=1S/C20H24N4O/c25-20(22-17-10-11-21-14-17)24-13-12-23(15-16-6-2-1-3-7-16)18-8-4-5-9-19(18)24/h1-9,17,21H,10-15H2,(H,22,25). The normalized spacial score (nSPS) is 19.6. The van der Waals surface area contributed by atoms with Crippen LogP contribution in [0.2, 0.25) is 0 Å². The minimum atomic E-state index is 0.0144. The highest BCUT2D eigenvalue weighted by atomic mass is 16.2. The minimum Gasteiger partial charge on any atom is -0.364 e. The third kappa shape index (κ3) is 3.46. The van der Waals surface area contributed by atoms with Gasteiger partial charge >= 0.3 is 6.03 Å². The summed E-state index contributed by atoms with van der Waals surface area (Å²) in [5.74, 6) is 0. The van der Waals surface area contributed by atoms with Crippen LogP contribution < -0.4 is 20.4 Å². The fraction of sp³-hybridized carbons (Fsp3) is 0.350. The highest BCUT2D eigenvalue weighted by Crippen LogP contribution is 2.33. The molecule has 0 aromatic heterocycles. The lowest BCUT2D eigenvalue weighted by molar-refractivity contribution is 0.243. The van der Waals surface area contributed by atoms with Crippen molar-refractivity contribution >= 4 is 17.4 Å². The molecule has 1 atom stereocenters. The molecule has 0 aliphatic carbocycles. The average molecular weight is 336 g/mol.